The Morgan fingerprint density at radius 1 is 1.29 bits per heavy atom. The highest BCUT2D eigenvalue weighted by Gasteiger charge is 2.21. The summed E-state index contributed by atoms with van der Waals surface area (Å²) in [7, 11) is 1.36. The molecular weight excluding hydrogens is 292 g/mol. The lowest BCUT2D eigenvalue weighted by molar-refractivity contribution is -0.120. The van der Waals surface area contributed by atoms with Crippen molar-refractivity contribution in [2.24, 2.45) is 5.92 Å². The SMILES string of the molecule is COC(=O)c1ccc(NC(=O)C2CCNCC2)cc1C.Cl. The number of aryl methyl sites for hydroxylation is 1. The Balaban J connectivity index is 0.00000220. The normalized spacial score (nSPS) is 15.0. The van der Waals surface area contributed by atoms with Crippen LogP contribution in [0.2, 0.25) is 0 Å². The maximum atomic E-state index is 12.1. The van der Waals surface area contributed by atoms with Gasteiger partial charge in [-0.05, 0) is 56.6 Å². The number of piperidine rings is 1. The Bertz CT molecular complexity index is 514. The third-order valence-electron chi connectivity index (χ3n) is 3.61. The molecule has 1 aromatic carbocycles. The van der Waals surface area contributed by atoms with E-state index < -0.39 is 0 Å². The highest BCUT2D eigenvalue weighted by atomic mass is 35.5. The fourth-order valence-electron chi connectivity index (χ4n) is 2.41. The van der Waals surface area contributed by atoms with E-state index in [-0.39, 0.29) is 30.2 Å². The largest absolute Gasteiger partial charge is 0.465 e. The van der Waals surface area contributed by atoms with Gasteiger partial charge in [-0.15, -0.1) is 12.4 Å². The highest BCUT2D eigenvalue weighted by molar-refractivity contribution is 5.95. The van der Waals surface area contributed by atoms with E-state index >= 15 is 0 Å². The van der Waals surface area contributed by atoms with Gasteiger partial charge < -0.3 is 15.4 Å². The van der Waals surface area contributed by atoms with Crippen LogP contribution in [0.3, 0.4) is 0 Å². The van der Waals surface area contributed by atoms with Crippen molar-refractivity contribution in [3.05, 3.63) is 29.3 Å². The number of hydrogen-bond donors (Lipinski definition) is 2. The summed E-state index contributed by atoms with van der Waals surface area (Å²) in [5.74, 6) is -0.243. The molecule has 1 amide bonds. The number of rotatable bonds is 3. The second-order valence-corrected chi connectivity index (χ2v) is 5.03. The van der Waals surface area contributed by atoms with Crippen LogP contribution in [-0.2, 0) is 9.53 Å². The van der Waals surface area contributed by atoms with E-state index in [1.54, 1.807) is 18.2 Å². The monoisotopic (exact) mass is 312 g/mol. The number of methoxy groups -OCH3 is 1. The molecule has 0 radical (unpaired) electrons. The molecule has 5 nitrogen and oxygen atoms in total. The molecule has 0 aromatic heterocycles. The van der Waals surface area contributed by atoms with Crippen molar-refractivity contribution in [1.29, 1.82) is 0 Å². The van der Waals surface area contributed by atoms with E-state index in [2.05, 4.69) is 10.6 Å². The van der Waals surface area contributed by atoms with Gasteiger partial charge in [0.05, 0.1) is 12.7 Å². The molecule has 2 N–H and O–H groups in total. The lowest BCUT2D eigenvalue weighted by Crippen LogP contribution is -2.34. The number of ether oxygens (including phenoxy) is 1. The Hall–Kier alpha value is -1.59. The standard InChI is InChI=1S/C15H20N2O3.ClH/c1-10-9-12(3-4-13(10)15(19)20-2)17-14(18)11-5-7-16-8-6-11;/h3-4,9,11,16H,5-8H2,1-2H3,(H,17,18);1H. The van der Waals surface area contributed by atoms with Crippen molar-refractivity contribution >= 4 is 30.0 Å². The van der Waals surface area contributed by atoms with E-state index in [9.17, 15) is 9.59 Å². The smallest absolute Gasteiger partial charge is 0.338 e. The number of esters is 1. The predicted molar refractivity (Wildman–Crippen MR) is 84.0 cm³/mol. The van der Waals surface area contributed by atoms with Crippen molar-refractivity contribution in [3.63, 3.8) is 0 Å². The summed E-state index contributed by atoms with van der Waals surface area (Å²) in [6, 6.07) is 5.21. The van der Waals surface area contributed by atoms with E-state index in [4.69, 9.17) is 4.74 Å². The van der Waals surface area contributed by atoms with Gasteiger partial charge in [0, 0.05) is 11.6 Å². The third-order valence-corrected chi connectivity index (χ3v) is 3.61. The van der Waals surface area contributed by atoms with Crippen molar-refractivity contribution in [3.8, 4) is 0 Å². The molecule has 0 atom stereocenters. The minimum Gasteiger partial charge on any atom is -0.465 e. The van der Waals surface area contributed by atoms with E-state index in [1.165, 1.54) is 7.11 Å². The average Bonchev–Trinajstić information content (AvgIpc) is 2.47. The molecule has 0 bridgehead atoms. The molecule has 6 heteroatoms. The van der Waals surface area contributed by atoms with E-state index in [1.807, 2.05) is 6.92 Å². The van der Waals surface area contributed by atoms with Crippen LogP contribution < -0.4 is 10.6 Å². The minimum atomic E-state index is -0.362. The first kappa shape index (κ1) is 17.5. The van der Waals surface area contributed by atoms with Crippen molar-refractivity contribution in [2.75, 3.05) is 25.5 Å². The van der Waals surface area contributed by atoms with Crippen LogP contribution in [0.25, 0.3) is 0 Å². The van der Waals surface area contributed by atoms with E-state index in [0.717, 1.165) is 37.2 Å². The first-order valence-electron chi connectivity index (χ1n) is 6.82. The van der Waals surface area contributed by atoms with Gasteiger partial charge in [-0.3, -0.25) is 4.79 Å². The molecule has 0 spiro atoms. The van der Waals surface area contributed by atoms with Crippen LogP contribution in [-0.4, -0.2) is 32.1 Å². The molecule has 1 saturated heterocycles. The van der Waals surface area contributed by atoms with Gasteiger partial charge in [-0.2, -0.15) is 0 Å². The van der Waals surface area contributed by atoms with Crippen LogP contribution in [0, 0.1) is 12.8 Å². The molecular formula is C15H21ClN2O3. The van der Waals surface area contributed by atoms with Gasteiger partial charge in [-0.25, -0.2) is 4.79 Å². The summed E-state index contributed by atoms with van der Waals surface area (Å²) in [4.78, 5) is 23.6. The van der Waals surface area contributed by atoms with Gasteiger partial charge >= 0.3 is 5.97 Å². The maximum Gasteiger partial charge on any atom is 0.338 e. The van der Waals surface area contributed by atoms with Crippen LogP contribution in [0.5, 0.6) is 0 Å². The molecule has 1 aliphatic heterocycles. The molecule has 0 saturated carbocycles. The second kappa shape index (κ2) is 8.00. The Morgan fingerprint density at radius 2 is 1.95 bits per heavy atom. The molecule has 21 heavy (non-hydrogen) atoms. The third kappa shape index (κ3) is 4.44. The lowest BCUT2D eigenvalue weighted by Gasteiger charge is -2.21. The van der Waals surface area contributed by atoms with Gasteiger partial charge in [-0.1, -0.05) is 0 Å². The molecule has 2 rings (SSSR count). The predicted octanol–water partition coefficient (Wildman–Crippen LogP) is 2.14. The minimum absolute atomic E-state index is 0. The number of benzene rings is 1. The lowest BCUT2D eigenvalue weighted by atomic mass is 9.97. The first-order valence-corrected chi connectivity index (χ1v) is 6.82. The summed E-state index contributed by atoms with van der Waals surface area (Å²) in [5, 5.41) is 6.16. The van der Waals surface area contributed by atoms with Gasteiger partial charge in [0.2, 0.25) is 5.91 Å². The van der Waals surface area contributed by atoms with Crippen LogP contribution in [0.15, 0.2) is 18.2 Å². The molecule has 0 unspecified atom stereocenters. The average molecular weight is 313 g/mol. The van der Waals surface area contributed by atoms with Gasteiger partial charge in [0.1, 0.15) is 0 Å². The fourth-order valence-corrected chi connectivity index (χ4v) is 2.41. The highest BCUT2D eigenvalue weighted by Crippen LogP contribution is 2.19. The van der Waals surface area contributed by atoms with Crippen molar-refractivity contribution < 1.29 is 14.3 Å². The first-order chi connectivity index (χ1) is 9.61. The van der Waals surface area contributed by atoms with Crippen molar-refractivity contribution in [2.45, 2.75) is 19.8 Å². The number of nitrogens with one attached hydrogen (secondary N) is 2. The number of carbonyl (C=O) groups excluding carboxylic acids is 2. The quantitative estimate of drug-likeness (QED) is 0.839. The molecule has 1 aliphatic rings. The fraction of sp³-hybridized carbons (Fsp3) is 0.467. The zero-order valence-corrected chi connectivity index (χ0v) is 13.1. The van der Waals surface area contributed by atoms with Crippen molar-refractivity contribution in [1.82, 2.24) is 5.32 Å². The number of anilines is 1. The summed E-state index contributed by atoms with van der Waals surface area (Å²) in [6.07, 6.45) is 1.73. The van der Waals surface area contributed by atoms with Crippen LogP contribution in [0.1, 0.15) is 28.8 Å². The van der Waals surface area contributed by atoms with Crippen LogP contribution in [0.4, 0.5) is 5.69 Å². The Labute approximate surface area is 130 Å². The van der Waals surface area contributed by atoms with Crippen LogP contribution >= 0.6 is 12.4 Å². The Kier molecular flexibility index (Phi) is 6.65. The van der Waals surface area contributed by atoms with Gasteiger partial charge in [0.15, 0.2) is 0 Å². The number of amides is 1. The number of carbonyl (C=O) groups is 2. The van der Waals surface area contributed by atoms with E-state index in [0.29, 0.717) is 5.56 Å². The second-order valence-electron chi connectivity index (χ2n) is 5.03. The molecule has 1 heterocycles. The topological polar surface area (TPSA) is 67.4 Å². The summed E-state index contributed by atoms with van der Waals surface area (Å²) < 4.78 is 4.70. The number of halogens is 1. The molecule has 1 aromatic rings. The molecule has 0 aliphatic carbocycles. The number of hydrogen-bond acceptors (Lipinski definition) is 4. The summed E-state index contributed by atoms with van der Waals surface area (Å²) >= 11 is 0. The van der Waals surface area contributed by atoms with Gasteiger partial charge in [0.25, 0.3) is 0 Å². The summed E-state index contributed by atoms with van der Waals surface area (Å²) in [6.45, 7) is 3.60. The zero-order chi connectivity index (χ0) is 14.5. The summed E-state index contributed by atoms with van der Waals surface area (Å²) in [5.41, 5.74) is 2.03. The Morgan fingerprint density at radius 3 is 2.52 bits per heavy atom. The zero-order valence-electron chi connectivity index (χ0n) is 12.3. The molecule has 116 valence electrons. The maximum absolute atomic E-state index is 12.1. The molecule has 1 fully saturated rings.